The lowest BCUT2D eigenvalue weighted by Crippen LogP contribution is -2.05. The highest BCUT2D eigenvalue weighted by Crippen LogP contribution is 2.23. The second kappa shape index (κ2) is 4.11. The molecular weight excluding hydrogens is 207 g/mol. The summed E-state index contributed by atoms with van der Waals surface area (Å²) in [6.07, 6.45) is 2.42. The molecule has 1 aromatic carbocycles. The van der Waals surface area contributed by atoms with Crippen molar-refractivity contribution in [1.29, 1.82) is 0 Å². The molecule has 3 nitrogen and oxygen atoms in total. The van der Waals surface area contributed by atoms with E-state index in [1.54, 1.807) is 0 Å². The third-order valence-corrected chi connectivity index (χ3v) is 1.87. The lowest BCUT2D eigenvalue weighted by atomic mass is 10.2. The quantitative estimate of drug-likeness (QED) is 0.580. The van der Waals surface area contributed by atoms with Gasteiger partial charge >= 0.3 is 0 Å². The Morgan fingerprint density at radius 2 is 2.14 bits per heavy atom. The Morgan fingerprint density at radius 1 is 1.50 bits per heavy atom. The number of carbonyl (C=O) groups is 1. The van der Waals surface area contributed by atoms with Gasteiger partial charge in [0.15, 0.2) is 0 Å². The van der Waals surface area contributed by atoms with E-state index >= 15 is 0 Å². The molecule has 5 heteroatoms. The zero-order chi connectivity index (χ0) is 10.7. The van der Waals surface area contributed by atoms with Crippen LogP contribution in [0.25, 0.3) is 6.08 Å². The van der Waals surface area contributed by atoms with Gasteiger partial charge in [0.25, 0.3) is 0 Å². The van der Waals surface area contributed by atoms with Crippen LogP contribution in [-0.2, 0) is 4.79 Å². The van der Waals surface area contributed by atoms with Gasteiger partial charge in [0.1, 0.15) is 5.82 Å². The topological polar surface area (TPSA) is 69.1 Å². The lowest BCUT2D eigenvalue weighted by molar-refractivity contribution is -0.113. The van der Waals surface area contributed by atoms with E-state index < -0.39 is 11.7 Å². The monoisotopic (exact) mass is 214 g/mol. The van der Waals surface area contributed by atoms with Crippen LogP contribution in [0.3, 0.4) is 0 Å². The molecule has 0 atom stereocenters. The number of hydrogen-bond donors (Lipinski definition) is 2. The molecule has 0 spiro atoms. The van der Waals surface area contributed by atoms with Crippen molar-refractivity contribution < 1.29 is 9.18 Å². The summed E-state index contributed by atoms with van der Waals surface area (Å²) in [5, 5.41) is 0.265. The Balaban J connectivity index is 3.10. The number of nitrogen functional groups attached to an aromatic ring is 1. The molecule has 0 aromatic heterocycles. The second-order valence-electron chi connectivity index (χ2n) is 2.63. The lowest BCUT2D eigenvalue weighted by Gasteiger charge is -2.01. The number of amides is 1. The summed E-state index contributed by atoms with van der Waals surface area (Å²) in [7, 11) is 0. The highest BCUT2D eigenvalue weighted by Gasteiger charge is 2.03. The molecule has 0 saturated heterocycles. The third kappa shape index (κ3) is 2.47. The van der Waals surface area contributed by atoms with Crippen molar-refractivity contribution in [2.45, 2.75) is 0 Å². The first kappa shape index (κ1) is 10.5. The number of benzene rings is 1. The van der Waals surface area contributed by atoms with E-state index in [-0.39, 0.29) is 10.7 Å². The maximum atomic E-state index is 12.9. The van der Waals surface area contributed by atoms with E-state index in [2.05, 4.69) is 0 Å². The Hall–Kier alpha value is -1.55. The molecular formula is C9H8ClFN2O. The van der Waals surface area contributed by atoms with Gasteiger partial charge in [-0.05, 0) is 23.8 Å². The fourth-order valence-corrected chi connectivity index (χ4v) is 1.11. The van der Waals surface area contributed by atoms with Crippen molar-refractivity contribution in [2.24, 2.45) is 5.73 Å². The molecule has 1 aromatic rings. The van der Waals surface area contributed by atoms with Gasteiger partial charge in [0.2, 0.25) is 5.91 Å². The van der Waals surface area contributed by atoms with E-state index in [0.717, 1.165) is 12.1 Å². The van der Waals surface area contributed by atoms with Crippen LogP contribution in [0.1, 0.15) is 5.56 Å². The first-order valence-electron chi connectivity index (χ1n) is 3.72. The molecule has 0 bridgehead atoms. The molecule has 0 aliphatic rings. The first-order valence-corrected chi connectivity index (χ1v) is 4.10. The van der Waals surface area contributed by atoms with Gasteiger partial charge in [-0.3, -0.25) is 4.79 Å². The fourth-order valence-electron chi connectivity index (χ4n) is 0.877. The van der Waals surface area contributed by atoms with Gasteiger partial charge in [-0.25, -0.2) is 4.39 Å². The van der Waals surface area contributed by atoms with Crippen LogP contribution >= 0.6 is 11.6 Å². The summed E-state index contributed by atoms with van der Waals surface area (Å²) in [6.45, 7) is 0. The van der Waals surface area contributed by atoms with Crippen LogP contribution < -0.4 is 11.5 Å². The molecule has 74 valence electrons. The summed E-state index contributed by atoms with van der Waals surface area (Å²) in [4.78, 5) is 10.4. The van der Waals surface area contributed by atoms with Crippen molar-refractivity contribution >= 4 is 29.3 Å². The van der Waals surface area contributed by atoms with E-state index in [4.69, 9.17) is 23.1 Å². The summed E-state index contributed by atoms with van der Waals surface area (Å²) < 4.78 is 12.9. The molecule has 1 amide bonds. The van der Waals surface area contributed by atoms with Crippen LogP contribution in [0.5, 0.6) is 0 Å². The number of carbonyl (C=O) groups excluding carboxylic acids is 1. The zero-order valence-corrected chi connectivity index (χ0v) is 7.88. The predicted molar refractivity (Wildman–Crippen MR) is 54.1 cm³/mol. The van der Waals surface area contributed by atoms with Crippen LogP contribution in [0, 0.1) is 5.82 Å². The Labute approximate surface area is 85.1 Å². The fraction of sp³-hybridized carbons (Fsp3) is 0. The van der Waals surface area contributed by atoms with Gasteiger partial charge in [0, 0.05) is 6.08 Å². The molecule has 0 heterocycles. The minimum atomic E-state index is -0.627. The highest BCUT2D eigenvalue weighted by molar-refractivity contribution is 6.32. The van der Waals surface area contributed by atoms with Crippen molar-refractivity contribution in [3.05, 3.63) is 34.6 Å². The number of rotatable bonds is 2. The number of anilines is 1. The molecule has 0 aliphatic heterocycles. The van der Waals surface area contributed by atoms with E-state index in [9.17, 15) is 9.18 Å². The normalized spacial score (nSPS) is 10.7. The van der Waals surface area contributed by atoms with E-state index in [1.807, 2.05) is 0 Å². The van der Waals surface area contributed by atoms with E-state index in [1.165, 1.54) is 12.1 Å². The first-order chi connectivity index (χ1) is 6.50. The van der Waals surface area contributed by atoms with Crippen LogP contribution in [0.15, 0.2) is 18.2 Å². The Bertz CT molecular complexity index is 404. The average Bonchev–Trinajstić information content (AvgIpc) is 2.09. The number of nitrogens with two attached hydrogens (primary N) is 2. The largest absolute Gasteiger partial charge is 0.396 e. The van der Waals surface area contributed by atoms with Gasteiger partial charge in [0.05, 0.1) is 10.7 Å². The Kier molecular flexibility index (Phi) is 3.09. The van der Waals surface area contributed by atoms with Crippen molar-refractivity contribution in [3.8, 4) is 0 Å². The molecule has 1 rings (SSSR count). The van der Waals surface area contributed by atoms with Crippen molar-refractivity contribution in [2.75, 3.05) is 5.73 Å². The molecule has 0 aliphatic carbocycles. The predicted octanol–water partition coefficient (Wildman–Crippen LogP) is 1.56. The van der Waals surface area contributed by atoms with Crippen molar-refractivity contribution in [3.63, 3.8) is 0 Å². The molecule has 14 heavy (non-hydrogen) atoms. The molecule has 0 saturated carbocycles. The van der Waals surface area contributed by atoms with Crippen molar-refractivity contribution in [1.82, 2.24) is 0 Å². The van der Waals surface area contributed by atoms with Crippen LogP contribution in [0.4, 0.5) is 10.1 Å². The highest BCUT2D eigenvalue weighted by atomic mass is 35.5. The smallest absolute Gasteiger partial charge is 0.241 e. The minimum Gasteiger partial charge on any atom is -0.396 e. The standard InChI is InChI=1S/C9H8ClFN2O/c10-6-4-8(12)7(11)3-5(6)1-2-9(13)14/h1-4H,12H2,(H2,13,14). The summed E-state index contributed by atoms with van der Waals surface area (Å²) in [6, 6.07) is 2.41. The molecule has 0 fully saturated rings. The van der Waals surface area contributed by atoms with E-state index in [0.29, 0.717) is 5.56 Å². The number of primary amides is 1. The summed E-state index contributed by atoms with van der Waals surface area (Å²) >= 11 is 5.73. The molecule has 0 radical (unpaired) electrons. The zero-order valence-electron chi connectivity index (χ0n) is 7.13. The molecule has 0 unspecified atom stereocenters. The maximum Gasteiger partial charge on any atom is 0.241 e. The van der Waals surface area contributed by atoms with Crippen LogP contribution in [-0.4, -0.2) is 5.91 Å². The third-order valence-electron chi connectivity index (χ3n) is 1.54. The van der Waals surface area contributed by atoms with Gasteiger partial charge in [-0.1, -0.05) is 11.6 Å². The number of halogens is 2. The van der Waals surface area contributed by atoms with Gasteiger partial charge < -0.3 is 11.5 Å². The van der Waals surface area contributed by atoms with Crippen LogP contribution in [0.2, 0.25) is 5.02 Å². The summed E-state index contributed by atoms with van der Waals surface area (Å²) in [5.74, 6) is -1.21. The van der Waals surface area contributed by atoms with Gasteiger partial charge in [-0.15, -0.1) is 0 Å². The second-order valence-corrected chi connectivity index (χ2v) is 3.04. The minimum absolute atomic E-state index is 0.0359. The maximum absolute atomic E-state index is 12.9. The summed E-state index contributed by atoms with van der Waals surface area (Å²) in [5.41, 5.74) is 10.5. The Morgan fingerprint density at radius 3 is 2.71 bits per heavy atom. The number of hydrogen-bond acceptors (Lipinski definition) is 2. The van der Waals surface area contributed by atoms with Gasteiger partial charge in [-0.2, -0.15) is 0 Å². The molecule has 4 N–H and O–H groups in total. The SMILES string of the molecule is NC(=O)C=Cc1cc(F)c(N)cc1Cl. The average molecular weight is 215 g/mol.